The van der Waals surface area contributed by atoms with Crippen LogP contribution in [-0.4, -0.2) is 64.6 Å². The molecule has 5 rings (SSSR count). The minimum atomic E-state index is -0.170. The Bertz CT molecular complexity index is 1210. The average molecular weight is 475 g/mol. The Labute approximate surface area is 204 Å². The number of rotatable bonds is 6. The Morgan fingerprint density at radius 1 is 1.00 bits per heavy atom. The molecule has 0 radical (unpaired) electrons. The third kappa shape index (κ3) is 5.27. The van der Waals surface area contributed by atoms with Gasteiger partial charge in [-0.2, -0.15) is 4.98 Å². The molecule has 2 aromatic heterocycles. The molecule has 0 bridgehead atoms. The van der Waals surface area contributed by atoms with Gasteiger partial charge in [-0.15, -0.1) is 0 Å². The molecule has 4 heterocycles. The van der Waals surface area contributed by atoms with E-state index < -0.39 is 0 Å². The summed E-state index contributed by atoms with van der Waals surface area (Å²) in [5.41, 5.74) is 3.12. The van der Waals surface area contributed by atoms with E-state index in [-0.39, 0.29) is 12.5 Å². The number of aryl methyl sites for hydroxylation is 1. The number of hydrogen-bond acceptors (Lipinski definition) is 9. The summed E-state index contributed by atoms with van der Waals surface area (Å²) in [5.74, 6) is 2.59. The molecule has 10 heteroatoms. The maximum Gasteiger partial charge on any atom is 0.262 e. The smallest absolute Gasteiger partial charge is 0.262 e. The number of hydrogen-bond donors (Lipinski definition) is 3. The number of benzene rings is 1. The van der Waals surface area contributed by atoms with E-state index in [2.05, 4.69) is 54.5 Å². The minimum Gasteiger partial charge on any atom is -0.482 e. The predicted molar refractivity (Wildman–Crippen MR) is 137 cm³/mol. The van der Waals surface area contributed by atoms with E-state index in [0.29, 0.717) is 29.2 Å². The number of carbonyl (C=O) groups is 1. The quantitative estimate of drug-likeness (QED) is 0.494. The van der Waals surface area contributed by atoms with Crippen LogP contribution in [0.2, 0.25) is 0 Å². The molecule has 3 aromatic rings. The highest BCUT2D eigenvalue weighted by molar-refractivity contribution is 5.96. The lowest BCUT2D eigenvalue weighted by Gasteiger charge is -2.37. The summed E-state index contributed by atoms with van der Waals surface area (Å²) < 4.78 is 5.42. The minimum absolute atomic E-state index is 0.0322. The molecule has 3 N–H and O–H groups in total. The van der Waals surface area contributed by atoms with E-state index in [1.54, 1.807) is 6.20 Å². The monoisotopic (exact) mass is 474 g/mol. The number of fused-ring (bicyclic) bond motifs is 1. The molecule has 0 unspecified atom stereocenters. The van der Waals surface area contributed by atoms with Gasteiger partial charge < -0.3 is 25.6 Å². The molecule has 1 aromatic carbocycles. The first-order valence-corrected chi connectivity index (χ1v) is 11.8. The Morgan fingerprint density at radius 2 is 1.80 bits per heavy atom. The maximum atomic E-state index is 11.6. The first-order valence-electron chi connectivity index (χ1n) is 11.8. The second-order valence-electron chi connectivity index (χ2n) is 9.04. The van der Waals surface area contributed by atoms with Crippen molar-refractivity contribution in [3.05, 3.63) is 48.3 Å². The zero-order valence-corrected chi connectivity index (χ0v) is 20.2. The Kier molecular flexibility index (Phi) is 6.37. The molecule has 182 valence electrons. The Hall–Kier alpha value is -3.92. The molecule has 0 saturated carbocycles. The van der Waals surface area contributed by atoms with Crippen LogP contribution in [-0.2, 0) is 4.79 Å². The van der Waals surface area contributed by atoms with Crippen molar-refractivity contribution in [2.24, 2.45) is 0 Å². The van der Waals surface area contributed by atoms with Gasteiger partial charge in [0.2, 0.25) is 5.95 Å². The van der Waals surface area contributed by atoms with Crippen LogP contribution in [0.5, 0.6) is 5.75 Å². The van der Waals surface area contributed by atoms with E-state index in [1.165, 1.54) is 0 Å². The topological polar surface area (TPSA) is 108 Å². The lowest BCUT2D eigenvalue weighted by atomic mass is 10.2. The number of pyridine rings is 1. The largest absolute Gasteiger partial charge is 0.482 e. The molecule has 0 aliphatic carbocycles. The number of ether oxygens (including phenoxy) is 1. The number of nitrogens with zero attached hydrogens (tertiary/aromatic N) is 5. The summed E-state index contributed by atoms with van der Waals surface area (Å²) in [6.07, 6.45) is 3.57. The highest BCUT2D eigenvalue weighted by atomic mass is 16.5. The Morgan fingerprint density at radius 3 is 2.54 bits per heavy atom. The summed E-state index contributed by atoms with van der Waals surface area (Å²) in [5, 5.41) is 9.36. The van der Waals surface area contributed by atoms with Gasteiger partial charge in [0.05, 0.1) is 17.6 Å². The SMILES string of the molecule is Cc1cnc(Nc2ccc(N3CCN(C(C)C)CC3)nc2)nc1Nc1ccc2c(c1)NC(=O)CO2. The van der Waals surface area contributed by atoms with Gasteiger partial charge in [-0.1, -0.05) is 0 Å². The van der Waals surface area contributed by atoms with Gasteiger partial charge in [0.15, 0.2) is 6.61 Å². The van der Waals surface area contributed by atoms with Gasteiger partial charge in [-0.25, -0.2) is 9.97 Å². The van der Waals surface area contributed by atoms with Crippen molar-refractivity contribution < 1.29 is 9.53 Å². The zero-order valence-electron chi connectivity index (χ0n) is 20.2. The third-order valence-electron chi connectivity index (χ3n) is 6.22. The third-order valence-corrected chi connectivity index (χ3v) is 6.22. The lowest BCUT2D eigenvalue weighted by molar-refractivity contribution is -0.118. The van der Waals surface area contributed by atoms with Gasteiger partial charge in [-0.05, 0) is 51.1 Å². The van der Waals surface area contributed by atoms with Crippen LogP contribution in [0.15, 0.2) is 42.7 Å². The molecule has 35 heavy (non-hydrogen) atoms. The van der Waals surface area contributed by atoms with Gasteiger partial charge in [0.25, 0.3) is 5.91 Å². The number of nitrogens with one attached hydrogen (secondary N) is 3. The second kappa shape index (κ2) is 9.75. The van der Waals surface area contributed by atoms with Crippen molar-refractivity contribution >= 4 is 40.6 Å². The van der Waals surface area contributed by atoms with Gasteiger partial charge >= 0.3 is 0 Å². The fraction of sp³-hybridized carbons (Fsp3) is 0.360. The summed E-state index contributed by atoms with van der Waals surface area (Å²) >= 11 is 0. The van der Waals surface area contributed by atoms with Crippen molar-refractivity contribution in [1.29, 1.82) is 0 Å². The molecule has 10 nitrogen and oxygen atoms in total. The summed E-state index contributed by atoms with van der Waals surface area (Å²) in [4.78, 5) is 30.1. The fourth-order valence-corrected chi connectivity index (χ4v) is 4.17. The molecule has 2 aliphatic rings. The lowest BCUT2D eigenvalue weighted by Crippen LogP contribution is -2.49. The molecule has 1 saturated heterocycles. The molecule has 0 atom stereocenters. The first kappa shape index (κ1) is 22.9. The number of anilines is 6. The molecular formula is C25H30N8O2. The van der Waals surface area contributed by atoms with E-state index >= 15 is 0 Å². The standard InChI is InChI=1S/C25H30N8O2/c1-16(2)32-8-10-33(11-9-32)22-7-5-19(14-26-22)29-25-27-13-17(3)24(31-25)28-18-4-6-21-20(12-18)30-23(34)15-35-21/h4-7,12-14,16H,8-11,15H2,1-3H3,(H,30,34)(H2,27,28,29,31). The van der Waals surface area contributed by atoms with Gasteiger partial charge in [0, 0.05) is 49.7 Å². The molecule has 1 amide bonds. The van der Waals surface area contributed by atoms with Crippen molar-refractivity contribution in [2.45, 2.75) is 26.8 Å². The number of aromatic nitrogens is 3. The van der Waals surface area contributed by atoms with E-state index in [1.807, 2.05) is 43.5 Å². The summed E-state index contributed by atoms with van der Waals surface area (Å²) in [6.45, 7) is 10.5. The van der Waals surface area contributed by atoms with E-state index in [4.69, 9.17) is 4.74 Å². The van der Waals surface area contributed by atoms with Gasteiger partial charge in [-0.3, -0.25) is 9.69 Å². The summed E-state index contributed by atoms with van der Waals surface area (Å²) in [6, 6.07) is 10.1. The number of amides is 1. The van der Waals surface area contributed by atoms with E-state index in [0.717, 1.165) is 48.9 Å². The fourth-order valence-electron chi connectivity index (χ4n) is 4.17. The van der Waals surface area contributed by atoms with Crippen molar-refractivity contribution in [3.8, 4) is 5.75 Å². The Balaban J connectivity index is 1.25. The highest BCUT2D eigenvalue weighted by Gasteiger charge is 2.20. The van der Waals surface area contributed by atoms with Gasteiger partial charge in [0.1, 0.15) is 17.4 Å². The van der Waals surface area contributed by atoms with Crippen LogP contribution in [0.25, 0.3) is 0 Å². The number of piperazine rings is 1. The zero-order chi connectivity index (χ0) is 24.4. The predicted octanol–water partition coefficient (Wildman–Crippen LogP) is 3.53. The molecule has 1 fully saturated rings. The highest BCUT2D eigenvalue weighted by Crippen LogP contribution is 2.32. The molecular weight excluding hydrogens is 444 g/mol. The van der Waals surface area contributed by atoms with Crippen LogP contribution in [0.4, 0.5) is 34.6 Å². The van der Waals surface area contributed by atoms with Crippen LogP contribution in [0, 0.1) is 6.92 Å². The van der Waals surface area contributed by atoms with Crippen molar-refractivity contribution in [1.82, 2.24) is 19.9 Å². The van der Waals surface area contributed by atoms with Crippen molar-refractivity contribution in [2.75, 3.05) is 53.6 Å². The number of carbonyl (C=O) groups excluding carboxylic acids is 1. The first-order chi connectivity index (χ1) is 16.9. The molecule has 2 aliphatic heterocycles. The average Bonchev–Trinajstić information content (AvgIpc) is 2.86. The van der Waals surface area contributed by atoms with Crippen LogP contribution in [0.3, 0.4) is 0 Å². The normalized spacial score (nSPS) is 15.9. The summed E-state index contributed by atoms with van der Waals surface area (Å²) in [7, 11) is 0. The van der Waals surface area contributed by atoms with Crippen LogP contribution >= 0.6 is 0 Å². The van der Waals surface area contributed by atoms with Crippen LogP contribution < -0.4 is 25.6 Å². The maximum absolute atomic E-state index is 11.6. The molecule has 0 spiro atoms. The van der Waals surface area contributed by atoms with Crippen molar-refractivity contribution in [3.63, 3.8) is 0 Å². The van der Waals surface area contributed by atoms with E-state index in [9.17, 15) is 4.79 Å². The van der Waals surface area contributed by atoms with Crippen LogP contribution in [0.1, 0.15) is 19.4 Å². The second-order valence-corrected chi connectivity index (χ2v) is 9.04.